The minimum atomic E-state index is -3.53. The Kier molecular flexibility index (Phi) is 7.19. The zero-order valence-corrected chi connectivity index (χ0v) is 16.7. The van der Waals surface area contributed by atoms with E-state index in [9.17, 15) is 13.2 Å². The van der Waals surface area contributed by atoms with Gasteiger partial charge >= 0.3 is 0 Å². The number of carbonyl (C=O) groups excluding carboxylic acids is 1. The lowest BCUT2D eigenvalue weighted by atomic mass is 10.1. The summed E-state index contributed by atoms with van der Waals surface area (Å²) in [6, 6.07) is 15.5. The number of nitrogens with one attached hydrogen (secondary N) is 2. The Morgan fingerprint density at radius 1 is 0.929 bits per heavy atom. The molecule has 0 bridgehead atoms. The standard InChI is InChI=1S/C21H27N3O3S/c25-21(13-16-24-14-5-2-6-15-24)23-19-11-9-18(10-12-19)17-22-28(26,27)20-7-3-1-4-8-20/h1,3-4,7-12,22H,2,5-6,13-17H2,(H,23,25). The second-order valence-electron chi connectivity index (χ2n) is 7.04. The molecular formula is C21H27N3O3S. The molecule has 1 amide bonds. The van der Waals surface area contributed by atoms with Gasteiger partial charge in [0.05, 0.1) is 4.90 Å². The van der Waals surface area contributed by atoms with Gasteiger partial charge in [-0.1, -0.05) is 36.8 Å². The van der Waals surface area contributed by atoms with Gasteiger partial charge in [0.25, 0.3) is 0 Å². The molecule has 1 aliphatic rings. The number of anilines is 1. The van der Waals surface area contributed by atoms with Crippen LogP contribution in [0.4, 0.5) is 5.69 Å². The molecule has 3 rings (SSSR count). The molecule has 150 valence electrons. The van der Waals surface area contributed by atoms with Gasteiger partial charge in [-0.3, -0.25) is 4.79 Å². The van der Waals surface area contributed by atoms with Crippen molar-refractivity contribution >= 4 is 21.6 Å². The molecule has 0 aliphatic carbocycles. The van der Waals surface area contributed by atoms with Crippen molar-refractivity contribution in [1.29, 1.82) is 0 Å². The Balaban J connectivity index is 1.46. The van der Waals surface area contributed by atoms with Gasteiger partial charge in [-0.15, -0.1) is 0 Å². The first kappa shape index (κ1) is 20.5. The first-order valence-corrected chi connectivity index (χ1v) is 11.2. The van der Waals surface area contributed by atoms with E-state index < -0.39 is 10.0 Å². The van der Waals surface area contributed by atoms with E-state index in [0.29, 0.717) is 6.42 Å². The van der Waals surface area contributed by atoms with Crippen molar-refractivity contribution in [2.24, 2.45) is 0 Å². The molecule has 1 aliphatic heterocycles. The van der Waals surface area contributed by atoms with Gasteiger partial charge in [-0.25, -0.2) is 13.1 Å². The number of likely N-dealkylation sites (tertiary alicyclic amines) is 1. The smallest absolute Gasteiger partial charge is 0.240 e. The Bertz CT molecular complexity index is 862. The largest absolute Gasteiger partial charge is 0.326 e. The van der Waals surface area contributed by atoms with Crippen LogP contribution in [0, 0.1) is 0 Å². The van der Waals surface area contributed by atoms with E-state index in [0.717, 1.165) is 30.9 Å². The number of piperidine rings is 1. The Morgan fingerprint density at radius 2 is 1.61 bits per heavy atom. The van der Waals surface area contributed by atoms with E-state index >= 15 is 0 Å². The number of rotatable bonds is 8. The first-order chi connectivity index (χ1) is 13.5. The fourth-order valence-electron chi connectivity index (χ4n) is 3.23. The van der Waals surface area contributed by atoms with Crippen LogP contribution >= 0.6 is 0 Å². The summed E-state index contributed by atoms with van der Waals surface area (Å²) in [4.78, 5) is 14.7. The lowest BCUT2D eigenvalue weighted by Crippen LogP contribution is -2.32. The zero-order valence-electron chi connectivity index (χ0n) is 15.9. The number of amides is 1. The molecule has 2 aromatic carbocycles. The highest BCUT2D eigenvalue weighted by Crippen LogP contribution is 2.13. The van der Waals surface area contributed by atoms with Gasteiger partial charge in [-0.2, -0.15) is 0 Å². The van der Waals surface area contributed by atoms with Crippen LogP contribution in [0.2, 0.25) is 0 Å². The summed E-state index contributed by atoms with van der Waals surface area (Å²) in [5, 5.41) is 2.90. The first-order valence-electron chi connectivity index (χ1n) is 9.69. The lowest BCUT2D eigenvalue weighted by molar-refractivity contribution is -0.116. The second-order valence-corrected chi connectivity index (χ2v) is 8.80. The summed E-state index contributed by atoms with van der Waals surface area (Å²) in [7, 11) is -3.53. The molecule has 0 unspecified atom stereocenters. The summed E-state index contributed by atoms with van der Waals surface area (Å²) in [5.74, 6) is 0.00287. The van der Waals surface area contributed by atoms with E-state index in [1.54, 1.807) is 42.5 Å². The third-order valence-corrected chi connectivity index (χ3v) is 6.28. The van der Waals surface area contributed by atoms with E-state index in [1.165, 1.54) is 19.3 Å². The minimum Gasteiger partial charge on any atom is -0.326 e. The van der Waals surface area contributed by atoms with Gasteiger partial charge in [-0.05, 0) is 55.8 Å². The predicted octanol–water partition coefficient (Wildman–Crippen LogP) is 2.98. The number of hydrogen-bond acceptors (Lipinski definition) is 4. The topological polar surface area (TPSA) is 78.5 Å². The molecule has 0 spiro atoms. The van der Waals surface area contributed by atoms with Gasteiger partial charge < -0.3 is 10.2 Å². The summed E-state index contributed by atoms with van der Waals surface area (Å²) in [6.45, 7) is 3.16. The monoisotopic (exact) mass is 401 g/mol. The average Bonchev–Trinajstić information content (AvgIpc) is 2.73. The van der Waals surface area contributed by atoms with Crippen molar-refractivity contribution in [2.45, 2.75) is 37.1 Å². The number of hydrogen-bond donors (Lipinski definition) is 2. The second kappa shape index (κ2) is 9.82. The fourth-order valence-corrected chi connectivity index (χ4v) is 4.27. The van der Waals surface area contributed by atoms with Crippen LogP contribution in [-0.4, -0.2) is 38.9 Å². The molecule has 2 N–H and O–H groups in total. The molecule has 0 aromatic heterocycles. The van der Waals surface area contributed by atoms with Crippen molar-refractivity contribution in [1.82, 2.24) is 9.62 Å². The molecular weight excluding hydrogens is 374 g/mol. The highest BCUT2D eigenvalue weighted by Gasteiger charge is 2.13. The predicted molar refractivity (Wildman–Crippen MR) is 110 cm³/mol. The van der Waals surface area contributed by atoms with E-state index in [4.69, 9.17) is 0 Å². The molecule has 0 atom stereocenters. The highest BCUT2D eigenvalue weighted by molar-refractivity contribution is 7.89. The quantitative estimate of drug-likeness (QED) is 0.713. The van der Waals surface area contributed by atoms with Crippen LogP contribution < -0.4 is 10.0 Å². The molecule has 1 heterocycles. The van der Waals surface area contributed by atoms with Crippen molar-refractivity contribution < 1.29 is 13.2 Å². The molecule has 0 saturated carbocycles. The third-order valence-electron chi connectivity index (χ3n) is 4.86. The van der Waals surface area contributed by atoms with Crippen LogP contribution in [-0.2, 0) is 21.4 Å². The summed E-state index contributed by atoms with van der Waals surface area (Å²) >= 11 is 0. The van der Waals surface area contributed by atoms with Gasteiger partial charge in [0, 0.05) is 25.2 Å². The van der Waals surface area contributed by atoms with E-state index in [1.807, 2.05) is 12.1 Å². The molecule has 1 fully saturated rings. The fraction of sp³-hybridized carbons (Fsp3) is 0.381. The van der Waals surface area contributed by atoms with Crippen molar-refractivity contribution in [3.8, 4) is 0 Å². The summed E-state index contributed by atoms with van der Waals surface area (Å²) in [6.07, 6.45) is 4.21. The molecule has 1 saturated heterocycles. The number of carbonyl (C=O) groups is 1. The van der Waals surface area contributed by atoms with Crippen LogP contribution in [0.25, 0.3) is 0 Å². The van der Waals surface area contributed by atoms with Crippen molar-refractivity contribution in [2.75, 3.05) is 25.0 Å². The maximum absolute atomic E-state index is 12.2. The Labute approximate surface area is 167 Å². The lowest BCUT2D eigenvalue weighted by Gasteiger charge is -2.25. The normalized spacial score (nSPS) is 15.3. The van der Waals surface area contributed by atoms with Gasteiger partial charge in [0.1, 0.15) is 0 Å². The Hall–Kier alpha value is -2.22. The number of nitrogens with zero attached hydrogens (tertiary/aromatic N) is 1. The Morgan fingerprint density at radius 3 is 2.29 bits per heavy atom. The van der Waals surface area contributed by atoms with Gasteiger partial charge in [0.2, 0.25) is 15.9 Å². The average molecular weight is 402 g/mol. The maximum Gasteiger partial charge on any atom is 0.240 e. The highest BCUT2D eigenvalue weighted by atomic mass is 32.2. The van der Waals surface area contributed by atoms with Crippen LogP contribution in [0.3, 0.4) is 0 Å². The number of sulfonamides is 1. The summed E-state index contributed by atoms with van der Waals surface area (Å²) in [5.41, 5.74) is 1.55. The van der Waals surface area contributed by atoms with Crippen molar-refractivity contribution in [3.05, 3.63) is 60.2 Å². The third kappa shape index (κ3) is 6.15. The minimum absolute atomic E-state index is 0.00287. The molecule has 0 radical (unpaired) electrons. The molecule has 7 heteroatoms. The van der Waals surface area contributed by atoms with E-state index in [-0.39, 0.29) is 17.3 Å². The van der Waals surface area contributed by atoms with Crippen LogP contribution in [0.1, 0.15) is 31.2 Å². The van der Waals surface area contributed by atoms with Crippen LogP contribution in [0.15, 0.2) is 59.5 Å². The van der Waals surface area contributed by atoms with Crippen LogP contribution in [0.5, 0.6) is 0 Å². The molecule has 6 nitrogen and oxygen atoms in total. The summed E-state index contributed by atoms with van der Waals surface area (Å²) < 4.78 is 27.1. The molecule has 2 aromatic rings. The van der Waals surface area contributed by atoms with Crippen molar-refractivity contribution in [3.63, 3.8) is 0 Å². The van der Waals surface area contributed by atoms with E-state index in [2.05, 4.69) is 14.9 Å². The van der Waals surface area contributed by atoms with Gasteiger partial charge in [0.15, 0.2) is 0 Å². The SMILES string of the molecule is O=C(CCN1CCCCC1)Nc1ccc(CNS(=O)(=O)c2ccccc2)cc1. The zero-order chi connectivity index (χ0) is 19.8. The molecule has 28 heavy (non-hydrogen) atoms. The number of benzene rings is 2. The maximum atomic E-state index is 12.2.